The number of rotatable bonds is 4. The average molecular weight is 265 g/mol. The van der Waals surface area contributed by atoms with Gasteiger partial charge in [-0.2, -0.15) is 0 Å². The zero-order chi connectivity index (χ0) is 13.7. The van der Waals surface area contributed by atoms with Crippen LogP contribution < -0.4 is 5.32 Å². The molecular weight excluding hydrogens is 245 g/mol. The van der Waals surface area contributed by atoms with Crippen LogP contribution in [0.15, 0.2) is 24.3 Å². The number of benzene rings is 1. The molecule has 0 heterocycles. The number of carbonyl (C=O) groups is 1. The van der Waals surface area contributed by atoms with Crippen LogP contribution in [0.4, 0.5) is 4.39 Å². The third-order valence-corrected chi connectivity index (χ3v) is 3.75. The Labute approximate surface area is 112 Å². The Balaban J connectivity index is 1.82. The normalized spacial score (nSPS) is 18.0. The molecule has 2 rings (SSSR count). The molecule has 0 spiro atoms. The minimum atomic E-state index is -0.502. The molecule has 1 saturated carbocycles. The Bertz CT molecular complexity index is 430. The quantitative estimate of drug-likeness (QED) is 0.878. The van der Waals surface area contributed by atoms with Crippen molar-refractivity contribution in [2.24, 2.45) is 5.92 Å². The number of nitrogens with one attached hydrogen (secondary N) is 1. The molecule has 1 aliphatic rings. The maximum Gasteiger partial charge on any atom is 0.251 e. The molecule has 104 valence electrons. The number of carbonyl (C=O) groups excluding carboxylic acids is 1. The first kappa shape index (κ1) is 14.0. The van der Waals surface area contributed by atoms with Gasteiger partial charge in [0.15, 0.2) is 0 Å². The highest BCUT2D eigenvalue weighted by molar-refractivity contribution is 5.94. The molecule has 1 aromatic carbocycles. The molecule has 1 amide bonds. The highest BCUT2D eigenvalue weighted by atomic mass is 19.1. The van der Waals surface area contributed by atoms with E-state index in [9.17, 15) is 14.3 Å². The zero-order valence-corrected chi connectivity index (χ0v) is 10.9. The van der Waals surface area contributed by atoms with Crippen molar-refractivity contribution < 1.29 is 14.3 Å². The first-order valence-corrected chi connectivity index (χ1v) is 6.88. The molecule has 3 nitrogen and oxygen atoms in total. The van der Waals surface area contributed by atoms with Gasteiger partial charge in [-0.15, -0.1) is 0 Å². The molecule has 0 radical (unpaired) electrons. The lowest BCUT2D eigenvalue weighted by Crippen LogP contribution is -2.37. The number of amides is 1. The van der Waals surface area contributed by atoms with Crippen LogP contribution in [0.1, 0.15) is 42.5 Å². The predicted octanol–water partition coefficient (Wildman–Crippen LogP) is 2.50. The summed E-state index contributed by atoms with van der Waals surface area (Å²) in [6.45, 7) is 0.236. The Kier molecular flexibility index (Phi) is 4.91. The monoisotopic (exact) mass is 265 g/mol. The molecule has 0 unspecified atom stereocenters. The lowest BCUT2D eigenvalue weighted by molar-refractivity contribution is 0.0738. The Morgan fingerprint density at radius 2 is 2.11 bits per heavy atom. The van der Waals surface area contributed by atoms with E-state index >= 15 is 0 Å². The van der Waals surface area contributed by atoms with Crippen LogP contribution in [-0.2, 0) is 0 Å². The van der Waals surface area contributed by atoms with Gasteiger partial charge in [0.25, 0.3) is 5.91 Å². The molecule has 0 bridgehead atoms. The predicted molar refractivity (Wildman–Crippen MR) is 71.3 cm³/mol. The van der Waals surface area contributed by atoms with Crippen LogP contribution in [0, 0.1) is 11.7 Å². The van der Waals surface area contributed by atoms with Crippen molar-refractivity contribution in [1.29, 1.82) is 0 Å². The number of hydrogen-bond acceptors (Lipinski definition) is 2. The van der Waals surface area contributed by atoms with E-state index in [-0.39, 0.29) is 23.9 Å². The van der Waals surface area contributed by atoms with E-state index in [1.165, 1.54) is 24.6 Å². The first-order chi connectivity index (χ1) is 9.16. The molecule has 4 heteroatoms. The van der Waals surface area contributed by atoms with Crippen molar-refractivity contribution in [3.05, 3.63) is 35.6 Å². The van der Waals surface area contributed by atoms with Gasteiger partial charge >= 0.3 is 0 Å². The molecule has 1 aliphatic carbocycles. The zero-order valence-electron chi connectivity index (χ0n) is 10.9. The van der Waals surface area contributed by atoms with Gasteiger partial charge < -0.3 is 10.4 Å². The van der Waals surface area contributed by atoms with E-state index < -0.39 is 11.9 Å². The summed E-state index contributed by atoms with van der Waals surface area (Å²) in [4.78, 5) is 11.8. The van der Waals surface area contributed by atoms with E-state index in [2.05, 4.69) is 5.32 Å². The van der Waals surface area contributed by atoms with Gasteiger partial charge in [0.2, 0.25) is 0 Å². The van der Waals surface area contributed by atoms with Crippen molar-refractivity contribution in [1.82, 2.24) is 5.32 Å². The van der Waals surface area contributed by atoms with Gasteiger partial charge in [0, 0.05) is 12.1 Å². The van der Waals surface area contributed by atoms with E-state index in [0.29, 0.717) is 0 Å². The van der Waals surface area contributed by atoms with Crippen LogP contribution in [0.2, 0.25) is 0 Å². The molecular formula is C15H20FNO2. The summed E-state index contributed by atoms with van der Waals surface area (Å²) in [7, 11) is 0. The number of hydrogen-bond donors (Lipinski definition) is 2. The summed E-state index contributed by atoms with van der Waals surface area (Å²) in [5.74, 6) is -0.489. The smallest absolute Gasteiger partial charge is 0.251 e. The van der Waals surface area contributed by atoms with Gasteiger partial charge in [-0.1, -0.05) is 25.3 Å². The van der Waals surface area contributed by atoms with Crippen molar-refractivity contribution >= 4 is 5.91 Å². The Morgan fingerprint density at radius 1 is 1.37 bits per heavy atom. The van der Waals surface area contributed by atoms with E-state index in [4.69, 9.17) is 0 Å². The van der Waals surface area contributed by atoms with Gasteiger partial charge in [0.1, 0.15) is 5.82 Å². The fourth-order valence-electron chi connectivity index (χ4n) is 2.61. The van der Waals surface area contributed by atoms with Crippen molar-refractivity contribution in [2.75, 3.05) is 6.54 Å². The van der Waals surface area contributed by atoms with Gasteiger partial charge in [-0.25, -0.2) is 4.39 Å². The minimum absolute atomic E-state index is 0.236. The summed E-state index contributed by atoms with van der Waals surface area (Å²) in [6, 6.07) is 5.56. The molecule has 1 aromatic rings. The Hall–Kier alpha value is -1.42. The highest BCUT2D eigenvalue weighted by Crippen LogP contribution is 2.26. The van der Waals surface area contributed by atoms with E-state index in [1.807, 2.05) is 0 Å². The van der Waals surface area contributed by atoms with E-state index in [1.54, 1.807) is 6.07 Å². The van der Waals surface area contributed by atoms with Crippen molar-refractivity contribution in [3.8, 4) is 0 Å². The van der Waals surface area contributed by atoms with E-state index in [0.717, 1.165) is 25.7 Å². The second kappa shape index (κ2) is 6.66. The second-order valence-electron chi connectivity index (χ2n) is 5.19. The van der Waals surface area contributed by atoms with Gasteiger partial charge in [0.05, 0.1) is 6.10 Å². The largest absolute Gasteiger partial charge is 0.391 e. The molecule has 0 aliphatic heterocycles. The summed E-state index contributed by atoms with van der Waals surface area (Å²) in [5, 5.41) is 12.7. The lowest BCUT2D eigenvalue weighted by atomic mass is 9.85. The third kappa shape index (κ3) is 4.03. The van der Waals surface area contributed by atoms with Gasteiger partial charge in [-0.3, -0.25) is 4.79 Å². The molecule has 0 saturated heterocycles. The average Bonchev–Trinajstić information content (AvgIpc) is 2.45. The first-order valence-electron chi connectivity index (χ1n) is 6.88. The minimum Gasteiger partial charge on any atom is -0.391 e. The van der Waals surface area contributed by atoms with Crippen molar-refractivity contribution in [2.45, 2.75) is 38.2 Å². The van der Waals surface area contributed by atoms with Crippen LogP contribution in [-0.4, -0.2) is 23.7 Å². The molecule has 1 atom stereocenters. The summed E-state index contributed by atoms with van der Waals surface area (Å²) >= 11 is 0. The second-order valence-corrected chi connectivity index (χ2v) is 5.19. The fourth-order valence-corrected chi connectivity index (χ4v) is 2.61. The highest BCUT2D eigenvalue weighted by Gasteiger charge is 2.22. The maximum absolute atomic E-state index is 13.0. The van der Waals surface area contributed by atoms with Crippen LogP contribution in [0.5, 0.6) is 0 Å². The fraction of sp³-hybridized carbons (Fsp3) is 0.533. The number of halogens is 1. The van der Waals surface area contributed by atoms with Crippen LogP contribution >= 0.6 is 0 Å². The molecule has 0 aromatic heterocycles. The SMILES string of the molecule is O=C(NC[C@H](O)C1CCCCC1)c1cccc(F)c1. The van der Waals surface area contributed by atoms with Crippen LogP contribution in [0.25, 0.3) is 0 Å². The summed E-state index contributed by atoms with van der Waals surface area (Å²) in [5.41, 5.74) is 0.288. The molecule has 2 N–H and O–H groups in total. The van der Waals surface area contributed by atoms with Crippen molar-refractivity contribution in [3.63, 3.8) is 0 Å². The van der Waals surface area contributed by atoms with Gasteiger partial charge in [-0.05, 0) is 37.0 Å². The summed E-state index contributed by atoms with van der Waals surface area (Å²) in [6.07, 6.45) is 5.09. The molecule has 19 heavy (non-hydrogen) atoms. The number of aliphatic hydroxyl groups is 1. The topological polar surface area (TPSA) is 49.3 Å². The maximum atomic E-state index is 13.0. The third-order valence-electron chi connectivity index (χ3n) is 3.75. The Morgan fingerprint density at radius 3 is 2.79 bits per heavy atom. The summed E-state index contributed by atoms with van der Waals surface area (Å²) < 4.78 is 13.0. The molecule has 1 fully saturated rings. The van der Waals surface area contributed by atoms with Crippen LogP contribution in [0.3, 0.4) is 0 Å². The number of aliphatic hydroxyl groups excluding tert-OH is 1. The lowest BCUT2D eigenvalue weighted by Gasteiger charge is -2.26. The standard InChI is InChI=1S/C15H20FNO2/c16-13-8-4-7-12(9-13)15(19)17-10-14(18)11-5-2-1-3-6-11/h4,7-9,11,14,18H,1-3,5-6,10H2,(H,17,19)/t14-/m0/s1.